The van der Waals surface area contributed by atoms with E-state index in [-0.39, 0.29) is 24.0 Å². The van der Waals surface area contributed by atoms with Crippen LogP contribution >= 0.6 is 15.9 Å². The van der Waals surface area contributed by atoms with E-state index in [1.54, 1.807) is 36.4 Å². The quantitative estimate of drug-likeness (QED) is 0.343. The van der Waals surface area contributed by atoms with Crippen LogP contribution in [0.25, 0.3) is 6.08 Å². The van der Waals surface area contributed by atoms with Gasteiger partial charge < -0.3 is 14.2 Å². The van der Waals surface area contributed by atoms with Crippen LogP contribution in [-0.4, -0.2) is 19.0 Å². The van der Waals surface area contributed by atoms with Gasteiger partial charge in [0.1, 0.15) is 12.4 Å². The van der Waals surface area contributed by atoms with Gasteiger partial charge in [-0.15, -0.1) is 0 Å². The molecule has 156 valence electrons. The van der Waals surface area contributed by atoms with Gasteiger partial charge in [-0.1, -0.05) is 34.1 Å². The van der Waals surface area contributed by atoms with Crippen LogP contribution in [0.5, 0.6) is 11.5 Å². The first-order valence-corrected chi connectivity index (χ1v) is 10.1. The van der Waals surface area contributed by atoms with Crippen molar-refractivity contribution in [2.75, 3.05) is 7.11 Å². The lowest BCUT2D eigenvalue weighted by atomic mass is 10.1. The Balaban J connectivity index is 1.52. The number of carbonyl (C=O) groups is 1. The molecule has 0 radical (unpaired) electrons. The number of hydrogen-bond acceptors (Lipinski definition) is 5. The molecule has 0 unspecified atom stereocenters. The van der Waals surface area contributed by atoms with E-state index in [1.165, 1.54) is 19.2 Å². The highest BCUT2D eigenvalue weighted by atomic mass is 79.9. The van der Waals surface area contributed by atoms with Gasteiger partial charge in [-0.2, -0.15) is 0 Å². The first-order valence-electron chi connectivity index (χ1n) is 9.35. The minimum atomic E-state index is -0.520. The summed E-state index contributed by atoms with van der Waals surface area (Å²) < 4.78 is 30.5. The summed E-state index contributed by atoms with van der Waals surface area (Å²) in [6.45, 7) is 0.268. The summed E-state index contributed by atoms with van der Waals surface area (Å²) in [4.78, 5) is 16.6. The number of nitrogens with zero attached hydrogens (tertiary/aromatic N) is 1. The smallest absolute Gasteiger partial charge is 0.363 e. The highest BCUT2D eigenvalue weighted by Crippen LogP contribution is 2.30. The molecule has 0 aromatic heterocycles. The van der Waals surface area contributed by atoms with Crippen LogP contribution in [0, 0.1) is 5.82 Å². The molecule has 7 heteroatoms. The number of esters is 1. The van der Waals surface area contributed by atoms with Crippen molar-refractivity contribution in [2.45, 2.75) is 6.61 Å². The maximum Gasteiger partial charge on any atom is 0.363 e. The fourth-order valence-corrected chi connectivity index (χ4v) is 3.18. The summed E-state index contributed by atoms with van der Waals surface area (Å²) >= 11 is 3.37. The third-order valence-electron chi connectivity index (χ3n) is 4.51. The minimum Gasteiger partial charge on any atom is -0.493 e. The first kappa shape index (κ1) is 20.8. The SMILES string of the molecule is COc1cc(/C=C2/N=C(c3ccc(Br)cc3)OC2=O)ccc1OCc1ccc(F)cc1. The summed E-state index contributed by atoms with van der Waals surface area (Å²) in [6, 6.07) is 18.7. The third-order valence-corrected chi connectivity index (χ3v) is 5.04. The van der Waals surface area contributed by atoms with Gasteiger partial charge in [0.25, 0.3) is 0 Å². The zero-order valence-electron chi connectivity index (χ0n) is 16.5. The summed E-state index contributed by atoms with van der Waals surface area (Å²) in [5.74, 6) is 0.473. The van der Waals surface area contributed by atoms with Gasteiger partial charge in [0, 0.05) is 10.0 Å². The molecule has 0 bridgehead atoms. The number of methoxy groups -OCH3 is 1. The van der Waals surface area contributed by atoms with Crippen LogP contribution in [-0.2, 0) is 16.1 Å². The molecular formula is C24H17BrFNO4. The van der Waals surface area contributed by atoms with Crippen LogP contribution in [0.2, 0.25) is 0 Å². The van der Waals surface area contributed by atoms with E-state index in [0.29, 0.717) is 22.6 Å². The molecule has 1 aliphatic rings. The van der Waals surface area contributed by atoms with E-state index in [9.17, 15) is 9.18 Å². The number of halogens is 2. The number of cyclic esters (lactones) is 1. The summed E-state index contributed by atoms with van der Waals surface area (Å²) in [5.41, 5.74) is 2.44. The van der Waals surface area contributed by atoms with Gasteiger partial charge in [0.05, 0.1) is 7.11 Å². The zero-order valence-corrected chi connectivity index (χ0v) is 18.1. The molecular weight excluding hydrogens is 465 g/mol. The largest absolute Gasteiger partial charge is 0.493 e. The Hall–Kier alpha value is -3.45. The van der Waals surface area contributed by atoms with Crippen molar-refractivity contribution in [1.82, 2.24) is 0 Å². The summed E-state index contributed by atoms with van der Waals surface area (Å²) in [5, 5.41) is 0. The molecule has 3 aromatic rings. The maximum absolute atomic E-state index is 13.0. The molecule has 0 N–H and O–H groups in total. The predicted octanol–water partition coefficient (Wildman–Crippen LogP) is 5.52. The number of carbonyl (C=O) groups excluding carboxylic acids is 1. The fourth-order valence-electron chi connectivity index (χ4n) is 2.92. The predicted molar refractivity (Wildman–Crippen MR) is 118 cm³/mol. The van der Waals surface area contributed by atoms with Gasteiger partial charge >= 0.3 is 5.97 Å². The van der Waals surface area contributed by atoms with Gasteiger partial charge in [-0.25, -0.2) is 14.2 Å². The normalized spacial score (nSPS) is 14.4. The second kappa shape index (κ2) is 9.14. The summed E-state index contributed by atoms with van der Waals surface area (Å²) in [6.07, 6.45) is 1.63. The number of benzene rings is 3. The Labute approximate surface area is 186 Å². The molecule has 0 fully saturated rings. The van der Waals surface area contributed by atoms with E-state index in [2.05, 4.69) is 20.9 Å². The number of rotatable bonds is 6. The van der Waals surface area contributed by atoms with Crippen molar-refractivity contribution in [3.63, 3.8) is 0 Å². The highest BCUT2D eigenvalue weighted by molar-refractivity contribution is 9.10. The van der Waals surface area contributed by atoms with Crippen LogP contribution in [0.15, 0.2) is 81.9 Å². The van der Waals surface area contributed by atoms with Crippen molar-refractivity contribution in [3.05, 3.63) is 99.4 Å². The molecule has 1 heterocycles. The van der Waals surface area contributed by atoms with E-state index < -0.39 is 5.97 Å². The van der Waals surface area contributed by atoms with Crippen molar-refractivity contribution in [2.24, 2.45) is 4.99 Å². The second-order valence-electron chi connectivity index (χ2n) is 6.67. The first-order chi connectivity index (χ1) is 15.0. The van der Waals surface area contributed by atoms with Crippen molar-refractivity contribution in [3.8, 4) is 11.5 Å². The Morgan fingerprint density at radius 2 is 1.77 bits per heavy atom. The Morgan fingerprint density at radius 3 is 2.48 bits per heavy atom. The molecule has 3 aromatic carbocycles. The minimum absolute atomic E-state index is 0.194. The lowest BCUT2D eigenvalue weighted by Gasteiger charge is -2.11. The van der Waals surface area contributed by atoms with Crippen LogP contribution in [0.4, 0.5) is 4.39 Å². The van der Waals surface area contributed by atoms with Crippen molar-refractivity contribution < 1.29 is 23.4 Å². The zero-order chi connectivity index (χ0) is 21.8. The molecule has 4 rings (SSSR count). The molecule has 0 amide bonds. The molecule has 0 aliphatic carbocycles. The van der Waals surface area contributed by atoms with Crippen LogP contribution < -0.4 is 9.47 Å². The molecule has 5 nitrogen and oxygen atoms in total. The Morgan fingerprint density at radius 1 is 1.03 bits per heavy atom. The molecule has 0 atom stereocenters. The van der Waals surface area contributed by atoms with Crippen molar-refractivity contribution in [1.29, 1.82) is 0 Å². The molecule has 1 aliphatic heterocycles. The Bertz CT molecular complexity index is 1170. The second-order valence-corrected chi connectivity index (χ2v) is 7.58. The molecule has 0 saturated heterocycles. The van der Waals surface area contributed by atoms with Crippen molar-refractivity contribution >= 4 is 33.9 Å². The average Bonchev–Trinajstić information content (AvgIpc) is 3.14. The van der Waals surface area contributed by atoms with Gasteiger partial charge in [0.2, 0.25) is 5.90 Å². The molecule has 0 saturated carbocycles. The van der Waals surface area contributed by atoms with E-state index in [1.807, 2.05) is 24.3 Å². The van der Waals surface area contributed by atoms with Gasteiger partial charge in [0.15, 0.2) is 17.2 Å². The number of hydrogen-bond donors (Lipinski definition) is 0. The van der Waals surface area contributed by atoms with E-state index in [0.717, 1.165) is 10.0 Å². The maximum atomic E-state index is 13.0. The monoisotopic (exact) mass is 481 g/mol. The molecule has 31 heavy (non-hydrogen) atoms. The summed E-state index contributed by atoms with van der Waals surface area (Å²) in [7, 11) is 1.53. The lowest BCUT2D eigenvalue weighted by molar-refractivity contribution is -0.129. The van der Waals surface area contributed by atoms with Gasteiger partial charge in [-0.3, -0.25) is 0 Å². The number of ether oxygens (including phenoxy) is 3. The topological polar surface area (TPSA) is 57.1 Å². The van der Waals surface area contributed by atoms with Gasteiger partial charge in [-0.05, 0) is 65.7 Å². The standard InChI is InChI=1S/C24H17BrFNO4/c1-29-22-13-16(4-11-21(22)30-14-15-2-9-19(26)10-3-15)12-20-24(28)31-23(27-20)17-5-7-18(25)8-6-17/h2-13H,14H2,1H3/b20-12+. The van der Waals surface area contributed by atoms with Crippen LogP contribution in [0.1, 0.15) is 16.7 Å². The third kappa shape index (κ3) is 5.00. The lowest BCUT2D eigenvalue weighted by Crippen LogP contribution is -2.05. The highest BCUT2D eigenvalue weighted by Gasteiger charge is 2.24. The van der Waals surface area contributed by atoms with E-state index in [4.69, 9.17) is 14.2 Å². The number of aliphatic imine (C=N–C) groups is 1. The molecule has 0 spiro atoms. The Kier molecular flexibility index (Phi) is 6.13. The average molecular weight is 482 g/mol. The van der Waals surface area contributed by atoms with Crippen LogP contribution in [0.3, 0.4) is 0 Å². The fraction of sp³-hybridized carbons (Fsp3) is 0.0833. The van der Waals surface area contributed by atoms with E-state index >= 15 is 0 Å².